The summed E-state index contributed by atoms with van der Waals surface area (Å²) in [5.74, 6) is -0.344. The lowest BCUT2D eigenvalue weighted by atomic mass is 10.0. The Balaban J connectivity index is 1.66. The largest absolute Gasteiger partial charge is 0.466 e. The predicted octanol–water partition coefficient (Wildman–Crippen LogP) is 2.82. The minimum Gasteiger partial charge on any atom is -0.466 e. The van der Waals surface area contributed by atoms with Crippen LogP contribution in [-0.4, -0.2) is 54.4 Å². The molecule has 1 unspecified atom stereocenters. The molecule has 1 atom stereocenters. The summed E-state index contributed by atoms with van der Waals surface area (Å²) in [6.07, 6.45) is 10.2. The van der Waals surface area contributed by atoms with E-state index in [2.05, 4.69) is 43.4 Å². The predicted molar refractivity (Wildman–Crippen MR) is 112 cm³/mol. The van der Waals surface area contributed by atoms with Gasteiger partial charge < -0.3 is 10.1 Å². The van der Waals surface area contributed by atoms with Crippen molar-refractivity contribution in [2.45, 2.75) is 19.4 Å². The number of benzene rings is 1. The molecular formula is C22H28N4O2. The van der Waals surface area contributed by atoms with Gasteiger partial charge in [-0.05, 0) is 42.2 Å². The molecular weight excluding hydrogens is 352 g/mol. The van der Waals surface area contributed by atoms with E-state index in [1.54, 1.807) is 6.08 Å². The number of aromatic amines is 1. The Morgan fingerprint density at radius 3 is 2.89 bits per heavy atom. The van der Waals surface area contributed by atoms with Gasteiger partial charge in [0.05, 0.1) is 19.0 Å². The number of carbonyl (C=O) groups excluding carboxylic acids is 1. The van der Waals surface area contributed by atoms with Crippen molar-refractivity contribution < 1.29 is 9.53 Å². The lowest BCUT2D eigenvalue weighted by Crippen LogP contribution is -2.46. The summed E-state index contributed by atoms with van der Waals surface area (Å²) in [6.45, 7) is 5.96. The fourth-order valence-electron chi connectivity index (χ4n) is 3.50. The highest BCUT2D eigenvalue weighted by molar-refractivity contribution is 5.86. The van der Waals surface area contributed by atoms with Gasteiger partial charge in [-0.1, -0.05) is 30.3 Å². The number of nitrogens with one attached hydrogen (secondary N) is 2. The van der Waals surface area contributed by atoms with Gasteiger partial charge in [0.2, 0.25) is 0 Å². The Kier molecular flexibility index (Phi) is 7.17. The Morgan fingerprint density at radius 1 is 1.32 bits per heavy atom. The number of hydrogen-bond donors (Lipinski definition) is 2. The number of carbonyl (C=O) groups is 1. The van der Waals surface area contributed by atoms with E-state index in [0.29, 0.717) is 6.04 Å². The summed E-state index contributed by atoms with van der Waals surface area (Å²) in [5.41, 5.74) is 4.61. The first-order valence-electron chi connectivity index (χ1n) is 9.67. The number of hydrogen-bond acceptors (Lipinski definition) is 5. The highest BCUT2D eigenvalue weighted by Crippen LogP contribution is 2.23. The fourth-order valence-corrected chi connectivity index (χ4v) is 3.50. The van der Waals surface area contributed by atoms with Gasteiger partial charge in [0.15, 0.2) is 0 Å². The lowest BCUT2D eigenvalue weighted by molar-refractivity contribution is -0.134. The minimum atomic E-state index is -0.344. The number of esters is 1. The first kappa shape index (κ1) is 20.0. The molecule has 2 heterocycles. The Bertz CT molecular complexity index is 823. The van der Waals surface area contributed by atoms with Gasteiger partial charge in [-0.25, -0.2) is 4.79 Å². The van der Waals surface area contributed by atoms with Crippen LogP contribution in [0.1, 0.15) is 35.3 Å². The second kappa shape index (κ2) is 10.0. The van der Waals surface area contributed by atoms with E-state index in [-0.39, 0.29) is 5.97 Å². The fraction of sp³-hybridized carbons (Fsp3) is 0.364. The Labute approximate surface area is 166 Å². The van der Waals surface area contributed by atoms with Crippen molar-refractivity contribution >= 4 is 18.1 Å². The van der Waals surface area contributed by atoms with Gasteiger partial charge in [0.1, 0.15) is 0 Å². The van der Waals surface area contributed by atoms with Crippen LogP contribution in [0.25, 0.3) is 12.2 Å². The SMILES string of the molecule is C/C=C\c1[nH]ncc1CCN1CCNCC1c1ccc(/C=C/C(=O)OC)cc1. The quantitative estimate of drug-likeness (QED) is 0.571. The standard InChI is InChI=1S/C22H28N4O2/c1-3-4-20-19(15-24-25-20)11-13-26-14-12-23-16-21(26)18-8-5-17(6-9-18)7-10-22(27)28-2/h3-10,15,21,23H,11-14,16H2,1-2H3,(H,24,25)/b4-3-,10-7+. The third kappa shape index (κ3) is 5.18. The molecule has 1 aromatic carbocycles. The van der Waals surface area contributed by atoms with Gasteiger partial charge >= 0.3 is 5.97 Å². The van der Waals surface area contributed by atoms with E-state index in [4.69, 9.17) is 0 Å². The minimum absolute atomic E-state index is 0.337. The van der Waals surface area contributed by atoms with Crippen molar-refractivity contribution in [2.75, 3.05) is 33.3 Å². The summed E-state index contributed by atoms with van der Waals surface area (Å²) in [6, 6.07) is 8.71. The third-order valence-electron chi connectivity index (χ3n) is 5.04. The lowest BCUT2D eigenvalue weighted by Gasteiger charge is -2.36. The van der Waals surface area contributed by atoms with E-state index < -0.39 is 0 Å². The van der Waals surface area contributed by atoms with Crippen LogP contribution >= 0.6 is 0 Å². The molecule has 0 amide bonds. The molecule has 148 valence electrons. The average Bonchev–Trinajstić information content (AvgIpc) is 3.18. The van der Waals surface area contributed by atoms with Crippen molar-refractivity contribution in [3.63, 3.8) is 0 Å². The van der Waals surface area contributed by atoms with Crippen LogP contribution in [0.3, 0.4) is 0 Å². The number of ether oxygens (including phenoxy) is 1. The van der Waals surface area contributed by atoms with Crippen molar-refractivity contribution in [1.29, 1.82) is 0 Å². The summed E-state index contributed by atoms with van der Waals surface area (Å²) in [7, 11) is 1.38. The number of allylic oxidation sites excluding steroid dienone is 1. The zero-order valence-corrected chi connectivity index (χ0v) is 16.5. The van der Waals surface area contributed by atoms with E-state index in [1.165, 1.54) is 24.3 Å². The number of piperazine rings is 1. The molecule has 0 bridgehead atoms. The topological polar surface area (TPSA) is 70.2 Å². The van der Waals surface area contributed by atoms with Crippen molar-refractivity contribution in [1.82, 2.24) is 20.4 Å². The normalized spacial score (nSPS) is 18.1. The summed E-state index contributed by atoms with van der Waals surface area (Å²) in [5, 5.41) is 10.7. The van der Waals surface area contributed by atoms with Crippen molar-refractivity contribution in [3.8, 4) is 0 Å². The van der Waals surface area contributed by atoms with E-state index in [9.17, 15) is 4.79 Å². The zero-order chi connectivity index (χ0) is 19.8. The molecule has 28 heavy (non-hydrogen) atoms. The van der Waals surface area contributed by atoms with Gasteiger partial charge in [-0.15, -0.1) is 0 Å². The van der Waals surface area contributed by atoms with Gasteiger partial charge in [0.25, 0.3) is 0 Å². The van der Waals surface area contributed by atoms with Crippen LogP contribution in [0, 0.1) is 0 Å². The molecule has 1 saturated heterocycles. The molecule has 0 radical (unpaired) electrons. The van der Waals surface area contributed by atoms with E-state index in [0.717, 1.165) is 43.9 Å². The number of methoxy groups -OCH3 is 1. The molecule has 1 aliphatic rings. The van der Waals surface area contributed by atoms with Crippen molar-refractivity contribution in [3.05, 3.63) is 65.0 Å². The van der Waals surface area contributed by atoms with Crippen LogP contribution in [-0.2, 0) is 16.0 Å². The number of rotatable bonds is 7. The smallest absolute Gasteiger partial charge is 0.330 e. The molecule has 1 aromatic heterocycles. The maximum absolute atomic E-state index is 11.2. The number of aromatic nitrogens is 2. The van der Waals surface area contributed by atoms with Crippen LogP contribution in [0.5, 0.6) is 0 Å². The number of nitrogens with zero attached hydrogens (tertiary/aromatic N) is 2. The molecule has 0 spiro atoms. The van der Waals surface area contributed by atoms with Crippen LogP contribution in [0.4, 0.5) is 0 Å². The van der Waals surface area contributed by atoms with Crippen LogP contribution in [0.15, 0.2) is 42.6 Å². The van der Waals surface area contributed by atoms with E-state index >= 15 is 0 Å². The third-order valence-corrected chi connectivity index (χ3v) is 5.04. The van der Waals surface area contributed by atoms with Crippen LogP contribution < -0.4 is 5.32 Å². The molecule has 2 aromatic rings. The average molecular weight is 380 g/mol. The van der Waals surface area contributed by atoms with Gasteiger partial charge in [0, 0.05) is 38.3 Å². The Hall–Kier alpha value is -2.70. The molecule has 1 fully saturated rings. The maximum atomic E-state index is 11.2. The summed E-state index contributed by atoms with van der Waals surface area (Å²) in [4.78, 5) is 13.8. The molecule has 3 rings (SSSR count). The Morgan fingerprint density at radius 2 is 2.14 bits per heavy atom. The van der Waals surface area contributed by atoms with Crippen molar-refractivity contribution in [2.24, 2.45) is 0 Å². The maximum Gasteiger partial charge on any atom is 0.330 e. The number of H-pyrrole nitrogens is 1. The second-order valence-corrected chi connectivity index (χ2v) is 6.84. The highest BCUT2D eigenvalue weighted by Gasteiger charge is 2.23. The zero-order valence-electron chi connectivity index (χ0n) is 16.5. The second-order valence-electron chi connectivity index (χ2n) is 6.84. The van der Waals surface area contributed by atoms with Gasteiger partial charge in [-0.3, -0.25) is 10.00 Å². The molecule has 2 N–H and O–H groups in total. The van der Waals surface area contributed by atoms with Gasteiger partial charge in [-0.2, -0.15) is 5.10 Å². The summed E-state index contributed by atoms with van der Waals surface area (Å²) >= 11 is 0. The first-order chi connectivity index (χ1) is 13.7. The first-order valence-corrected chi connectivity index (χ1v) is 9.67. The molecule has 0 aliphatic carbocycles. The van der Waals surface area contributed by atoms with Crippen LogP contribution in [0.2, 0.25) is 0 Å². The summed E-state index contributed by atoms with van der Waals surface area (Å²) < 4.78 is 4.63. The highest BCUT2D eigenvalue weighted by atomic mass is 16.5. The molecule has 0 saturated carbocycles. The molecule has 6 heteroatoms. The van der Waals surface area contributed by atoms with E-state index in [1.807, 2.05) is 31.3 Å². The monoisotopic (exact) mass is 380 g/mol. The molecule has 1 aliphatic heterocycles. The molecule has 6 nitrogen and oxygen atoms in total.